The van der Waals surface area contributed by atoms with Gasteiger partial charge in [0, 0.05) is 5.56 Å². The molecule has 2 aromatic carbocycles. The summed E-state index contributed by atoms with van der Waals surface area (Å²) in [6.07, 6.45) is -4.30. The number of aromatic nitrogens is 3. The summed E-state index contributed by atoms with van der Waals surface area (Å²) >= 11 is 6.48. The Labute approximate surface area is 198 Å². The molecule has 0 radical (unpaired) electrons. The first-order valence-electron chi connectivity index (χ1n) is 10.6. The van der Waals surface area contributed by atoms with Gasteiger partial charge in [0.2, 0.25) is 0 Å². The molecule has 3 heterocycles. The Morgan fingerprint density at radius 1 is 1.00 bits per heavy atom. The first-order valence-corrected chi connectivity index (χ1v) is 11.0. The first-order chi connectivity index (χ1) is 16.4. The molecular formula is C24H21ClFN3O5. The van der Waals surface area contributed by atoms with Crippen molar-refractivity contribution in [1.29, 1.82) is 0 Å². The monoisotopic (exact) mass is 485 g/mol. The van der Waals surface area contributed by atoms with Crippen molar-refractivity contribution in [2.45, 2.75) is 24.4 Å². The van der Waals surface area contributed by atoms with Crippen LogP contribution in [-0.2, 0) is 4.74 Å². The Kier molecular flexibility index (Phi) is 6.20. The molecule has 4 unspecified atom stereocenters. The van der Waals surface area contributed by atoms with Gasteiger partial charge in [-0.2, -0.15) is 4.98 Å². The predicted octanol–water partition coefficient (Wildman–Crippen LogP) is 2.94. The number of aromatic amines is 1. The molecule has 4 atom stereocenters. The van der Waals surface area contributed by atoms with E-state index in [4.69, 9.17) is 21.1 Å². The molecule has 1 aliphatic heterocycles. The Morgan fingerprint density at radius 2 is 1.65 bits per heavy atom. The van der Waals surface area contributed by atoms with Crippen LogP contribution >= 0.6 is 11.6 Å². The van der Waals surface area contributed by atoms with Crippen molar-refractivity contribution in [2.75, 3.05) is 13.2 Å². The Balaban J connectivity index is 1.38. The molecule has 34 heavy (non-hydrogen) atoms. The summed E-state index contributed by atoms with van der Waals surface area (Å²) < 4.78 is 24.2. The third-order valence-corrected chi connectivity index (χ3v) is 6.06. The number of pyridine rings is 1. The number of hydrogen-bond acceptors (Lipinski definition) is 7. The van der Waals surface area contributed by atoms with Gasteiger partial charge < -0.3 is 29.8 Å². The smallest absolute Gasteiger partial charge is 0.296 e. The van der Waals surface area contributed by atoms with Gasteiger partial charge in [-0.3, -0.25) is 0 Å². The van der Waals surface area contributed by atoms with Crippen LogP contribution in [0, 0.1) is 5.82 Å². The van der Waals surface area contributed by atoms with Crippen molar-refractivity contribution >= 4 is 22.8 Å². The molecule has 0 aliphatic carbocycles. The Bertz CT molecular complexity index is 1300. The zero-order valence-corrected chi connectivity index (χ0v) is 18.5. The van der Waals surface area contributed by atoms with Crippen LogP contribution in [0.4, 0.5) is 4.39 Å². The van der Waals surface area contributed by atoms with Crippen LogP contribution in [0.15, 0.2) is 54.6 Å². The fraction of sp³-hybridized carbons (Fsp3) is 0.250. The number of imidazole rings is 1. The first kappa shape index (κ1) is 22.7. The van der Waals surface area contributed by atoms with Gasteiger partial charge >= 0.3 is 0 Å². The molecule has 10 heteroatoms. The summed E-state index contributed by atoms with van der Waals surface area (Å²) in [7, 11) is 0. The zero-order valence-electron chi connectivity index (χ0n) is 17.7. The lowest BCUT2D eigenvalue weighted by Gasteiger charge is -2.36. The van der Waals surface area contributed by atoms with Crippen molar-refractivity contribution in [3.8, 4) is 28.4 Å². The van der Waals surface area contributed by atoms with Gasteiger partial charge in [0.05, 0.1) is 29.4 Å². The number of fused-ring (bicyclic) bond motifs is 1. The van der Waals surface area contributed by atoms with E-state index in [1.54, 1.807) is 18.2 Å². The minimum Gasteiger partial charge on any atom is -0.456 e. The number of nitrogens with one attached hydrogen (secondary N) is 1. The number of hydrogen-bond donors (Lipinski definition) is 4. The van der Waals surface area contributed by atoms with E-state index in [-0.39, 0.29) is 18.4 Å². The van der Waals surface area contributed by atoms with Gasteiger partial charge in [-0.15, -0.1) is 0 Å². The van der Waals surface area contributed by atoms with Crippen LogP contribution < -0.4 is 4.74 Å². The van der Waals surface area contributed by atoms with Crippen LogP contribution in [-0.4, -0.2) is 67.9 Å². The van der Waals surface area contributed by atoms with E-state index >= 15 is 0 Å². The minimum absolute atomic E-state index is 0.0274. The zero-order chi connectivity index (χ0) is 23.8. The highest BCUT2D eigenvalue weighted by molar-refractivity contribution is 6.33. The van der Waals surface area contributed by atoms with Crippen LogP contribution in [0.2, 0.25) is 5.02 Å². The molecule has 4 N–H and O–H groups in total. The topological polar surface area (TPSA) is 121 Å². The second-order valence-electron chi connectivity index (χ2n) is 8.01. The van der Waals surface area contributed by atoms with E-state index in [2.05, 4.69) is 15.0 Å². The molecule has 0 bridgehead atoms. The van der Waals surface area contributed by atoms with Gasteiger partial charge in [-0.05, 0) is 29.3 Å². The summed E-state index contributed by atoms with van der Waals surface area (Å²) in [6.45, 7) is -0.438. The fourth-order valence-electron chi connectivity index (χ4n) is 3.88. The summed E-state index contributed by atoms with van der Waals surface area (Å²) in [5, 5.41) is 29.9. The van der Waals surface area contributed by atoms with E-state index in [9.17, 15) is 19.7 Å². The van der Waals surface area contributed by atoms with Gasteiger partial charge in [0.25, 0.3) is 6.01 Å². The SMILES string of the molecule is OCC1OCC(Oc2nc3nc(-c4ccc(-c5ccc(F)cc5)cc4)c(Cl)cc3[nH]2)C(O)C1O. The lowest BCUT2D eigenvalue weighted by Crippen LogP contribution is -2.56. The van der Waals surface area contributed by atoms with E-state index in [0.29, 0.717) is 21.9 Å². The fourth-order valence-corrected chi connectivity index (χ4v) is 4.14. The Morgan fingerprint density at radius 3 is 2.32 bits per heavy atom. The Hall–Kier alpha value is -3.08. The van der Waals surface area contributed by atoms with Gasteiger partial charge in [0.1, 0.15) is 24.1 Å². The van der Waals surface area contributed by atoms with Crippen molar-refractivity contribution < 1.29 is 29.2 Å². The number of nitrogens with zero attached hydrogens (tertiary/aromatic N) is 2. The van der Waals surface area contributed by atoms with E-state index in [1.165, 1.54) is 12.1 Å². The molecule has 0 amide bonds. The van der Waals surface area contributed by atoms with Crippen molar-refractivity contribution in [2.24, 2.45) is 0 Å². The second-order valence-corrected chi connectivity index (χ2v) is 8.42. The van der Waals surface area contributed by atoms with Crippen molar-refractivity contribution in [3.63, 3.8) is 0 Å². The normalized spacial score (nSPS) is 22.7. The van der Waals surface area contributed by atoms with Gasteiger partial charge in [-0.25, -0.2) is 9.37 Å². The number of aliphatic hydroxyl groups excluding tert-OH is 3. The van der Waals surface area contributed by atoms with Crippen LogP contribution in [0.1, 0.15) is 0 Å². The molecule has 5 rings (SSSR count). The quantitative estimate of drug-likeness (QED) is 0.343. The third-order valence-electron chi connectivity index (χ3n) is 5.77. The maximum Gasteiger partial charge on any atom is 0.296 e. The number of H-pyrrole nitrogens is 1. The molecule has 1 saturated heterocycles. The number of benzene rings is 2. The standard InChI is InChI=1S/C24H21ClFN3O5/c25-16-9-17-23(29-24(27-17)34-19-11-33-18(10-30)21(31)22(19)32)28-20(16)14-3-1-12(2-4-14)13-5-7-15(26)8-6-13/h1-9,18-19,21-22,30-32H,10-11H2,(H,27,28,29). The molecule has 176 valence electrons. The van der Waals surface area contributed by atoms with Crippen LogP contribution in [0.5, 0.6) is 6.01 Å². The van der Waals surface area contributed by atoms with E-state index < -0.39 is 31.0 Å². The predicted molar refractivity (Wildman–Crippen MR) is 123 cm³/mol. The molecule has 0 saturated carbocycles. The maximum atomic E-state index is 13.2. The molecule has 1 aliphatic rings. The molecule has 4 aromatic rings. The summed E-state index contributed by atoms with van der Waals surface area (Å²) in [6, 6.07) is 15.6. The largest absolute Gasteiger partial charge is 0.456 e. The molecule has 0 spiro atoms. The summed E-state index contributed by atoms with van der Waals surface area (Å²) in [4.78, 5) is 11.8. The van der Waals surface area contributed by atoms with Gasteiger partial charge in [-0.1, -0.05) is 48.0 Å². The summed E-state index contributed by atoms with van der Waals surface area (Å²) in [5.41, 5.74) is 4.01. The van der Waals surface area contributed by atoms with Crippen molar-refractivity contribution in [3.05, 3.63) is 65.4 Å². The molecule has 1 fully saturated rings. The number of ether oxygens (including phenoxy) is 2. The molecular weight excluding hydrogens is 465 g/mol. The summed E-state index contributed by atoms with van der Waals surface area (Å²) in [5.74, 6) is -0.289. The second kappa shape index (κ2) is 9.28. The minimum atomic E-state index is -1.29. The van der Waals surface area contributed by atoms with Crippen LogP contribution in [0.3, 0.4) is 0 Å². The highest BCUT2D eigenvalue weighted by atomic mass is 35.5. The number of rotatable bonds is 5. The van der Waals surface area contributed by atoms with E-state index in [1.807, 2.05) is 24.3 Å². The molecule has 8 nitrogen and oxygen atoms in total. The van der Waals surface area contributed by atoms with E-state index in [0.717, 1.165) is 16.7 Å². The highest BCUT2D eigenvalue weighted by Crippen LogP contribution is 2.31. The van der Waals surface area contributed by atoms with Crippen molar-refractivity contribution in [1.82, 2.24) is 15.0 Å². The maximum absolute atomic E-state index is 13.2. The lowest BCUT2D eigenvalue weighted by molar-refractivity contribution is -0.189. The number of aliphatic hydroxyl groups is 3. The average Bonchev–Trinajstić information content (AvgIpc) is 3.23. The highest BCUT2D eigenvalue weighted by Gasteiger charge is 2.39. The molecule has 2 aromatic heterocycles. The number of halogens is 2. The average molecular weight is 486 g/mol. The third kappa shape index (κ3) is 4.36. The van der Waals surface area contributed by atoms with Gasteiger partial charge in [0.15, 0.2) is 11.8 Å². The lowest BCUT2D eigenvalue weighted by atomic mass is 10.0. The van der Waals surface area contributed by atoms with Crippen LogP contribution in [0.25, 0.3) is 33.5 Å².